The minimum absolute atomic E-state index is 0.0715. The number of amides is 1. The van der Waals surface area contributed by atoms with Crippen LogP contribution in [-0.2, 0) is 10.5 Å². The summed E-state index contributed by atoms with van der Waals surface area (Å²) in [4.78, 5) is 20.4. The molecule has 4 rings (SSSR count). The molecule has 2 aromatic carbocycles. The van der Waals surface area contributed by atoms with Gasteiger partial charge in [0, 0.05) is 44.6 Å². The van der Waals surface area contributed by atoms with Crippen LogP contribution in [0.1, 0.15) is 18.4 Å². The Bertz CT molecular complexity index is 1140. The van der Waals surface area contributed by atoms with Crippen LogP contribution in [-0.4, -0.2) is 68.0 Å². The molecular weight excluding hydrogens is 471 g/mol. The number of rotatable bonds is 9. The molecule has 0 aromatic heterocycles. The predicted molar refractivity (Wildman–Crippen MR) is 144 cm³/mol. The molecule has 2 aromatic rings. The van der Waals surface area contributed by atoms with Crippen LogP contribution >= 0.6 is 0 Å². The van der Waals surface area contributed by atoms with Gasteiger partial charge in [0.1, 0.15) is 23.0 Å². The van der Waals surface area contributed by atoms with Gasteiger partial charge in [-0.2, -0.15) is 0 Å². The molecule has 4 N–H and O–H groups in total. The molecule has 37 heavy (non-hydrogen) atoms. The zero-order chi connectivity index (χ0) is 26.3. The first-order chi connectivity index (χ1) is 17.7. The average Bonchev–Trinajstić information content (AvgIpc) is 2.89. The fourth-order valence-corrected chi connectivity index (χ4v) is 4.21. The Morgan fingerprint density at radius 2 is 1.84 bits per heavy atom. The summed E-state index contributed by atoms with van der Waals surface area (Å²) in [5, 5.41) is 6.16. The predicted octanol–water partition coefficient (Wildman–Crippen LogP) is 3.10. The first-order valence-electron chi connectivity index (χ1n) is 12.4. The lowest BCUT2D eigenvalue weighted by Crippen LogP contribution is -2.50. The molecular formula is C28H35FN6O2. The van der Waals surface area contributed by atoms with Crippen molar-refractivity contribution in [1.82, 2.24) is 20.4 Å². The number of piperidine rings is 1. The highest BCUT2D eigenvalue weighted by atomic mass is 19.1. The van der Waals surface area contributed by atoms with Gasteiger partial charge < -0.3 is 25.2 Å². The standard InChI is InChI=1S/C28H35FN6O2/c1-34(2)16-6-9-26(36)35-17-14-27(29,15-18-35)20-31-25-19-28(30,33-21-32-25)22-10-12-24(13-11-22)37-23-7-4-3-5-8-23/h3-13,19,21,31H,14-18,20,30H2,1-2H3,(H,32,33)/b9-6+. The highest BCUT2D eigenvalue weighted by Gasteiger charge is 2.36. The van der Waals surface area contributed by atoms with E-state index in [0.717, 1.165) is 11.3 Å². The molecule has 0 spiro atoms. The molecule has 0 radical (unpaired) electrons. The van der Waals surface area contributed by atoms with Crippen LogP contribution in [0, 0.1) is 0 Å². The van der Waals surface area contributed by atoms with Gasteiger partial charge in [-0.25, -0.2) is 9.38 Å². The monoisotopic (exact) mass is 506 g/mol. The fourth-order valence-electron chi connectivity index (χ4n) is 4.21. The molecule has 1 amide bonds. The lowest BCUT2D eigenvalue weighted by molar-refractivity contribution is -0.128. The Labute approximate surface area is 217 Å². The molecule has 8 nitrogen and oxygen atoms in total. The first-order valence-corrected chi connectivity index (χ1v) is 12.4. The lowest BCUT2D eigenvalue weighted by atomic mass is 9.93. The molecule has 1 atom stereocenters. The third-order valence-electron chi connectivity index (χ3n) is 6.46. The molecule has 0 bridgehead atoms. The maximum atomic E-state index is 15.5. The highest BCUT2D eigenvalue weighted by molar-refractivity contribution is 5.87. The minimum Gasteiger partial charge on any atom is -0.457 e. The smallest absolute Gasteiger partial charge is 0.246 e. The number of nitrogens with two attached hydrogens (primary N) is 1. The van der Waals surface area contributed by atoms with E-state index in [-0.39, 0.29) is 25.3 Å². The SMILES string of the molecule is CN(C)C/C=C/C(=O)N1CCC(F)(CNC2=CC(N)(c3ccc(Oc4ccccc4)cc3)N=CN2)CC1. The van der Waals surface area contributed by atoms with Gasteiger partial charge in [-0.15, -0.1) is 0 Å². The number of para-hydroxylation sites is 1. The van der Waals surface area contributed by atoms with Crippen LogP contribution in [0.15, 0.2) is 83.6 Å². The number of halogens is 1. The molecule has 2 aliphatic heterocycles. The van der Waals surface area contributed by atoms with Gasteiger partial charge in [0.2, 0.25) is 5.91 Å². The molecule has 0 saturated carbocycles. The number of nitrogens with one attached hydrogen (secondary N) is 2. The van der Waals surface area contributed by atoms with Crippen LogP contribution in [0.25, 0.3) is 0 Å². The maximum absolute atomic E-state index is 15.5. The van der Waals surface area contributed by atoms with Crippen molar-refractivity contribution in [3.8, 4) is 11.5 Å². The average molecular weight is 507 g/mol. The van der Waals surface area contributed by atoms with Crippen molar-refractivity contribution >= 4 is 12.2 Å². The van der Waals surface area contributed by atoms with Gasteiger partial charge in [-0.05, 0) is 43.9 Å². The van der Waals surface area contributed by atoms with Gasteiger partial charge in [0.05, 0.1) is 12.9 Å². The largest absolute Gasteiger partial charge is 0.457 e. The second-order valence-electron chi connectivity index (χ2n) is 9.72. The van der Waals surface area contributed by atoms with Crippen molar-refractivity contribution in [2.24, 2.45) is 10.7 Å². The summed E-state index contributed by atoms with van der Waals surface area (Å²) in [6.07, 6.45) is 7.20. The summed E-state index contributed by atoms with van der Waals surface area (Å²) in [7, 11) is 3.88. The number of aliphatic imine (C=N–C) groups is 1. The number of hydrogen-bond donors (Lipinski definition) is 3. The Morgan fingerprint density at radius 1 is 1.16 bits per heavy atom. The van der Waals surface area contributed by atoms with Crippen molar-refractivity contribution in [3.63, 3.8) is 0 Å². The van der Waals surface area contributed by atoms with E-state index in [1.54, 1.807) is 17.1 Å². The molecule has 196 valence electrons. The number of alkyl halides is 1. The van der Waals surface area contributed by atoms with Crippen LogP contribution in [0.3, 0.4) is 0 Å². The van der Waals surface area contributed by atoms with E-state index in [9.17, 15) is 4.79 Å². The van der Waals surface area contributed by atoms with E-state index in [4.69, 9.17) is 10.5 Å². The molecule has 1 fully saturated rings. The number of hydrogen-bond acceptors (Lipinski definition) is 7. The summed E-state index contributed by atoms with van der Waals surface area (Å²) in [5.74, 6) is 1.96. The van der Waals surface area contributed by atoms with Gasteiger partial charge in [0.15, 0.2) is 5.66 Å². The van der Waals surface area contributed by atoms with Gasteiger partial charge in [-0.1, -0.05) is 36.4 Å². The van der Waals surface area contributed by atoms with Gasteiger partial charge in [-0.3, -0.25) is 10.5 Å². The summed E-state index contributed by atoms with van der Waals surface area (Å²) in [6, 6.07) is 17.0. The Hall–Kier alpha value is -3.69. The molecule has 1 unspecified atom stereocenters. The van der Waals surface area contributed by atoms with E-state index in [2.05, 4.69) is 15.6 Å². The van der Waals surface area contributed by atoms with E-state index in [0.29, 0.717) is 31.2 Å². The Kier molecular flexibility index (Phi) is 8.25. The van der Waals surface area contributed by atoms with Crippen LogP contribution in [0.4, 0.5) is 4.39 Å². The second kappa shape index (κ2) is 11.6. The van der Waals surface area contributed by atoms with E-state index < -0.39 is 11.3 Å². The third kappa shape index (κ3) is 7.18. The van der Waals surface area contributed by atoms with Crippen molar-refractivity contribution in [1.29, 1.82) is 0 Å². The zero-order valence-electron chi connectivity index (χ0n) is 21.4. The summed E-state index contributed by atoms with van der Waals surface area (Å²) in [6.45, 7) is 1.57. The lowest BCUT2D eigenvalue weighted by Gasteiger charge is -2.37. The zero-order valence-corrected chi connectivity index (χ0v) is 21.4. The second-order valence-corrected chi connectivity index (χ2v) is 9.72. The minimum atomic E-state index is -1.42. The number of carbonyl (C=O) groups excluding carboxylic acids is 1. The fraction of sp³-hybridized carbons (Fsp3) is 0.357. The number of nitrogens with zero attached hydrogens (tertiary/aromatic N) is 3. The number of likely N-dealkylation sites (N-methyl/N-ethyl adjacent to an activating group) is 1. The summed E-state index contributed by atoms with van der Waals surface area (Å²) >= 11 is 0. The topological polar surface area (TPSA) is 95.2 Å². The number of ether oxygens (including phenoxy) is 1. The molecule has 0 aliphatic carbocycles. The maximum Gasteiger partial charge on any atom is 0.246 e. The van der Waals surface area contributed by atoms with Gasteiger partial charge in [0.25, 0.3) is 0 Å². The quantitative estimate of drug-likeness (QED) is 0.453. The van der Waals surface area contributed by atoms with Crippen molar-refractivity contribution in [2.45, 2.75) is 24.2 Å². The van der Waals surface area contributed by atoms with Crippen LogP contribution in [0.5, 0.6) is 11.5 Å². The first kappa shape index (κ1) is 26.4. The number of carbonyl (C=O) groups is 1. The normalized spacial score (nSPS) is 21.0. The van der Waals surface area contributed by atoms with Crippen LogP contribution in [0.2, 0.25) is 0 Å². The molecule has 2 aliphatic rings. The van der Waals surface area contributed by atoms with E-state index in [1.807, 2.05) is 79.7 Å². The van der Waals surface area contributed by atoms with Crippen LogP contribution < -0.4 is 21.1 Å². The van der Waals surface area contributed by atoms with Crippen molar-refractivity contribution in [3.05, 3.63) is 84.2 Å². The van der Waals surface area contributed by atoms with Crippen molar-refractivity contribution in [2.75, 3.05) is 40.3 Å². The van der Waals surface area contributed by atoms with Crippen molar-refractivity contribution < 1.29 is 13.9 Å². The Balaban J connectivity index is 1.31. The summed E-state index contributed by atoms with van der Waals surface area (Å²) in [5.41, 5.74) is 4.83. The molecule has 2 heterocycles. The van der Waals surface area contributed by atoms with E-state index >= 15 is 4.39 Å². The summed E-state index contributed by atoms with van der Waals surface area (Å²) < 4.78 is 21.4. The highest BCUT2D eigenvalue weighted by Crippen LogP contribution is 2.29. The Morgan fingerprint density at radius 3 is 2.51 bits per heavy atom. The van der Waals surface area contributed by atoms with E-state index in [1.165, 1.54) is 6.34 Å². The van der Waals surface area contributed by atoms with Gasteiger partial charge >= 0.3 is 0 Å². The third-order valence-corrected chi connectivity index (χ3v) is 6.46. The molecule has 1 saturated heterocycles. The number of likely N-dealkylation sites (tertiary alicyclic amines) is 1. The number of benzene rings is 2. The molecule has 9 heteroatoms.